The van der Waals surface area contributed by atoms with E-state index in [1.807, 2.05) is 30.3 Å². The molecule has 39 heavy (non-hydrogen) atoms. The van der Waals surface area contributed by atoms with Gasteiger partial charge in [-0.15, -0.1) is 0 Å². The number of nitrogens with two attached hydrogens (primary N) is 1. The van der Waals surface area contributed by atoms with Crippen LogP contribution in [-0.2, 0) is 16.8 Å². The van der Waals surface area contributed by atoms with Gasteiger partial charge in [-0.3, -0.25) is 9.59 Å². The second kappa shape index (κ2) is 10.9. The topological polar surface area (TPSA) is 111 Å². The molecule has 4 N–H and O–H groups in total. The summed E-state index contributed by atoms with van der Waals surface area (Å²) in [5.74, 6) is -2.06. The van der Waals surface area contributed by atoms with E-state index in [1.165, 1.54) is 19.2 Å². The Morgan fingerprint density at radius 2 is 1.82 bits per heavy atom. The van der Waals surface area contributed by atoms with Crippen LogP contribution in [0.1, 0.15) is 47.2 Å². The largest absolute Gasteiger partial charge is 0.494 e. The number of aliphatic carboxylic acids is 1. The van der Waals surface area contributed by atoms with Crippen LogP contribution in [-0.4, -0.2) is 36.7 Å². The summed E-state index contributed by atoms with van der Waals surface area (Å²) in [6.07, 6.45) is 3.11. The van der Waals surface area contributed by atoms with Crippen LogP contribution in [0.15, 0.2) is 54.6 Å². The monoisotopic (exact) mass is 552 g/mol. The number of carboxylic acid groups (broad SMARTS) is 1. The molecule has 0 radical (unpaired) electrons. The molecule has 5 rings (SSSR count). The molecule has 1 heterocycles. The maximum Gasteiger partial charge on any atom is 0.306 e. The Bertz CT molecular complexity index is 1410. The second-order valence-corrected chi connectivity index (χ2v) is 10.6. The number of ether oxygens (including phenoxy) is 2. The summed E-state index contributed by atoms with van der Waals surface area (Å²) < 4.78 is 27.6. The normalized spacial score (nSPS) is 22.1. The third kappa shape index (κ3) is 5.06. The number of methoxy groups -OCH3 is 1. The summed E-state index contributed by atoms with van der Waals surface area (Å²) in [6.45, 7) is 0.439. The van der Waals surface area contributed by atoms with Crippen LogP contribution in [0.25, 0.3) is 11.1 Å². The van der Waals surface area contributed by atoms with Crippen LogP contribution in [0.3, 0.4) is 0 Å². The molecule has 9 heteroatoms. The zero-order valence-electron chi connectivity index (χ0n) is 21.5. The Morgan fingerprint density at radius 1 is 1.10 bits per heavy atom. The Morgan fingerprint density at radius 3 is 2.46 bits per heavy atom. The zero-order chi connectivity index (χ0) is 27.7. The maximum atomic E-state index is 15.7. The number of rotatable bonds is 8. The molecule has 3 aromatic rings. The van der Waals surface area contributed by atoms with Gasteiger partial charge in [0.05, 0.1) is 18.6 Å². The minimum atomic E-state index is -0.838. The average Bonchev–Trinajstić information content (AvgIpc) is 3.33. The average molecular weight is 553 g/mol. The lowest BCUT2D eigenvalue weighted by Crippen LogP contribution is -2.46. The summed E-state index contributed by atoms with van der Waals surface area (Å²) in [7, 11) is 1.35. The van der Waals surface area contributed by atoms with E-state index in [-0.39, 0.29) is 33.9 Å². The fourth-order valence-corrected chi connectivity index (χ4v) is 6.07. The van der Waals surface area contributed by atoms with Crippen molar-refractivity contribution in [3.63, 3.8) is 0 Å². The first-order chi connectivity index (χ1) is 18.7. The van der Waals surface area contributed by atoms with E-state index in [2.05, 4.69) is 5.32 Å². The van der Waals surface area contributed by atoms with Crippen LogP contribution in [0.5, 0.6) is 11.5 Å². The van der Waals surface area contributed by atoms with Crippen molar-refractivity contribution >= 4 is 23.5 Å². The van der Waals surface area contributed by atoms with Crippen molar-refractivity contribution in [3.05, 3.63) is 82.1 Å². The van der Waals surface area contributed by atoms with Crippen molar-refractivity contribution in [3.8, 4) is 22.6 Å². The highest BCUT2D eigenvalue weighted by Crippen LogP contribution is 2.49. The molecule has 0 bridgehead atoms. The van der Waals surface area contributed by atoms with Gasteiger partial charge in [0.15, 0.2) is 17.2 Å². The lowest BCUT2D eigenvalue weighted by molar-refractivity contribution is -0.142. The van der Waals surface area contributed by atoms with Crippen molar-refractivity contribution in [2.24, 2.45) is 11.7 Å². The molecule has 1 amide bonds. The molecular formula is C30H30ClFN2O5. The second-order valence-electron chi connectivity index (χ2n) is 10.2. The van der Waals surface area contributed by atoms with E-state index in [4.69, 9.17) is 26.8 Å². The number of nitrogens with one attached hydrogen (secondary N) is 1. The van der Waals surface area contributed by atoms with Crippen LogP contribution < -0.4 is 20.5 Å². The third-order valence-corrected chi connectivity index (χ3v) is 8.20. The van der Waals surface area contributed by atoms with Gasteiger partial charge >= 0.3 is 5.97 Å². The molecule has 1 aliphatic heterocycles. The summed E-state index contributed by atoms with van der Waals surface area (Å²) in [4.78, 5) is 23.7. The quantitative estimate of drug-likeness (QED) is 0.349. The maximum absolute atomic E-state index is 15.7. The van der Waals surface area contributed by atoms with Gasteiger partial charge in [0.25, 0.3) is 0 Å². The molecule has 1 unspecified atom stereocenters. The van der Waals surface area contributed by atoms with Gasteiger partial charge in [0.2, 0.25) is 5.91 Å². The van der Waals surface area contributed by atoms with Gasteiger partial charge in [-0.05, 0) is 55.5 Å². The van der Waals surface area contributed by atoms with E-state index in [9.17, 15) is 14.7 Å². The number of hydrogen-bond donors (Lipinski definition) is 3. The van der Waals surface area contributed by atoms with Gasteiger partial charge in [-0.1, -0.05) is 41.9 Å². The number of amides is 1. The van der Waals surface area contributed by atoms with Gasteiger partial charge in [0, 0.05) is 40.7 Å². The van der Waals surface area contributed by atoms with Crippen molar-refractivity contribution in [1.82, 2.24) is 5.32 Å². The highest BCUT2D eigenvalue weighted by Gasteiger charge is 2.44. The molecule has 1 saturated carbocycles. The molecule has 3 aromatic carbocycles. The predicted octanol–water partition coefficient (Wildman–Crippen LogP) is 5.32. The van der Waals surface area contributed by atoms with Crippen LogP contribution in [0.2, 0.25) is 5.02 Å². The minimum Gasteiger partial charge on any atom is -0.494 e. The lowest BCUT2D eigenvalue weighted by Gasteiger charge is -2.34. The Hall–Kier alpha value is -3.62. The first kappa shape index (κ1) is 27.0. The Labute approximate surface area is 231 Å². The molecule has 0 spiro atoms. The molecule has 0 aromatic heterocycles. The van der Waals surface area contributed by atoms with Crippen LogP contribution in [0.4, 0.5) is 4.39 Å². The third-order valence-electron chi connectivity index (χ3n) is 7.88. The van der Waals surface area contributed by atoms with Gasteiger partial charge in [-0.2, -0.15) is 0 Å². The fourth-order valence-electron chi connectivity index (χ4n) is 5.80. The summed E-state index contributed by atoms with van der Waals surface area (Å²) in [5, 5.41) is 13.2. The first-order valence-electron chi connectivity index (χ1n) is 12.9. The van der Waals surface area contributed by atoms with E-state index in [1.54, 1.807) is 12.1 Å². The molecule has 0 saturated heterocycles. The number of carbonyl (C=O) groups is 2. The highest BCUT2D eigenvalue weighted by atomic mass is 35.5. The fraction of sp³-hybridized carbons (Fsp3) is 0.333. The molecular weight excluding hydrogens is 523 g/mol. The smallest absolute Gasteiger partial charge is 0.306 e. The summed E-state index contributed by atoms with van der Waals surface area (Å²) >= 11 is 6.69. The van der Waals surface area contributed by atoms with Crippen molar-refractivity contribution in [2.45, 2.75) is 43.7 Å². The molecule has 1 fully saturated rings. The SMILES string of the molecule is COc1ccc(C(N)=O)c(-c2c(Cl)ccc3c2CC(CNC2CCC(C(=O)O)CC2)(c2ccccc2)O3)c1F. The van der Waals surface area contributed by atoms with Gasteiger partial charge < -0.3 is 25.6 Å². The molecule has 7 nitrogen and oxygen atoms in total. The molecule has 1 aliphatic carbocycles. The first-order valence-corrected chi connectivity index (χ1v) is 13.3. The number of carbonyl (C=O) groups excluding carboxylic acids is 1. The molecule has 1 atom stereocenters. The predicted molar refractivity (Wildman–Crippen MR) is 146 cm³/mol. The van der Waals surface area contributed by atoms with E-state index < -0.39 is 23.3 Å². The molecule has 204 valence electrons. The van der Waals surface area contributed by atoms with Crippen molar-refractivity contribution < 1.29 is 28.6 Å². The van der Waals surface area contributed by atoms with E-state index >= 15 is 4.39 Å². The highest BCUT2D eigenvalue weighted by molar-refractivity contribution is 6.34. The standard InChI is InChI=1S/C30H30ClFN2O5/c1-38-24-13-11-20(28(33)35)26(27(24)32)25-21-15-30(18-5-3-2-4-6-18,39-23(21)14-12-22(25)31)16-34-19-9-7-17(8-10-19)29(36)37/h2-6,11-14,17,19,34H,7-10,15-16H2,1H3,(H2,33,35)(H,36,37). The van der Waals surface area contributed by atoms with E-state index in [0.29, 0.717) is 42.7 Å². The number of fused-ring (bicyclic) bond motifs is 1. The van der Waals surface area contributed by atoms with Gasteiger partial charge in [-0.25, -0.2) is 4.39 Å². The number of benzene rings is 3. The Kier molecular flexibility index (Phi) is 7.51. The number of carboxylic acids is 1. The van der Waals surface area contributed by atoms with Crippen molar-refractivity contribution in [1.29, 1.82) is 0 Å². The zero-order valence-corrected chi connectivity index (χ0v) is 22.3. The van der Waals surface area contributed by atoms with Crippen molar-refractivity contribution in [2.75, 3.05) is 13.7 Å². The summed E-state index contributed by atoms with van der Waals surface area (Å²) in [6, 6.07) is 16.1. The lowest BCUT2D eigenvalue weighted by atomic mass is 9.83. The molecule has 2 aliphatic rings. The minimum absolute atomic E-state index is 0.00544. The van der Waals surface area contributed by atoms with Crippen LogP contribution in [0, 0.1) is 11.7 Å². The van der Waals surface area contributed by atoms with Gasteiger partial charge in [0.1, 0.15) is 5.75 Å². The van der Waals surface area contributed by atoms with E-state index in [0.717, 1.165) is 18.4 Å². The number of halogens is 2. The number of hydrogen-bond acceptors (Lipinski definition) is 5. The van der Waals surface area contributed by atoms with Crippen LogP contribution >= 0.6 is 11.6 Å². The number of primary amides is 1. The summed E-state index contributed by atoms with van der Waals surface area (Å²) in [5.41, 5.74) is 6.72. The Balaban J connectivity index is 1.54.